The Balaban J connectivity index is 2.27. The first-order chi connectivity index (χ1) is 8.93. The Morgan fingerprint density at radius 2 is 2.11 bits per heavy atom. The normalized spacial score (nSPS) is 22.5. The molecule has 0 aromatic carbocycles. The van der Waals surface area contributed by atoms with Crippen molar-refractivity contribution in [3.05, 3.63) is 11.3 Å². The SMILES string of the molecule is Cc1nsc(N(C)C(=O)C2CCCC2C)c1C(=O)O. The third-order valence-corrected chi connectivity index (χ3v) is 4.89. The smallest absolute Gasteiger partial charge is 0.340 e. The summed E-state index contributed by atoms with van der Waals surface area (Å²) in [6.45, 7) is 3.74. The Morgan fingerprint density at radius 3 is 2.63 bits per heavy atom. The van der Waals surface area contributed by atoms with Crippen molar-refractivity contribution >= 4 is 28.4 Å². The molecular weight excluding hydrogens is 264 g/mol. The maximum atomic E-state index is 12.5. The second kappa shape index (κ2) is 5.28. The van der Waals surface area contributed by atoms with Crippen LogP contribution < -0.4 is 4.90 Å². The molecule has 2 atom stereocenters. The first-order valence-electron chi connectivity index (χ1n) is 6.40. The van der Waals surface area contributed by atoms with Crippen LogP contribution in [-0.2, 0) is 4.79 Å². The number of carboxylic acid groups (broad SMARTS) is 1. The molecule has 0 aliphatic heterocycles. The van der Waals surface area contributed by atoms with Crippen molar-refractivity contribution in [1.29, 1.82) is 0 Å². The highest BCUT2D eigenvalue weighted by Crippen LogP contribution is 2.35. The largest absolute Gasteiger partial charge is 0.478 e. The molecule has 0 radical (unpaired) electrons. The van der Waals surface area contributed by atoms with Crippen molar-refractivity contribution in [3.8, 4) is 0 Å². The summed E-state index contributed by atoms with van der Waals surface area (Å²) in [6.07, 6.45) is 3.03. The monoisotopic (exact) mass is 282 g/mol. The van der Waals surface area contributed by atoms with E-state index in [1.807, 2.05) is 0 Å². The number of carboxylic acids is 1. The highest BCUT2D eigenvalue weighted by atomic mass is 32.1. The summed E-state index contributed by atoms with van der Waals surface area (Å²) < 4.78 is 4.05. The van der Waals surface area contributed by atoms with Gasteiger partial charge in [-0.05, 0) is 37.2 Å². The standard InChI is InChI=1S/C13H18N2O3S/c1-7-5-4-6-9(7)11(16)15(3)12-10(13(17)18)8(2)14-19-12/h7,9H,4-6H2,1-3H3,(H,17,18). The fourth-order valence-electron chi connectivity index (χ4n) is 2.69. The summed E-state index contributed by atoms with van der Waals surface area (Å²) in [5.41, 5.74) is 0.609. The minimum Gasteiger partial charge on any atom is -0.478 e. The number of aromatic carboxylic acids is 1. The van der Waals surface area contributed by atoms with Gasteiger partial charge in [0.2, 0.25) is 5.91 Å². The minimum absolute atomic E-state index is 0.00838. The Hall–Kier alpha value is -1.43. The molecule has 1 aromatic rings. The van der Waals surface area contributed by atoms with Gasteiger partial charge in [-0.1, -0.05) is 13.3 Å². The molecule has 1 aliphatic carbocycles. The average Bonchev–Trinajstić information content (AvgIpc) is 2.93. The van der Waals surface area contributed by atoms with Crippen LogP contribution in [0.1, 0.15) is 42.2 Å². The van der Waals surface area contributed by atoms with Gasteiger partial charge in [0, 0.05) is 13.0 Å². The van der Waals surface area contributed by atoms with E-state index in [9.17, 15) is 14.7 Å². The van der Waals surface area contributed by atoms with Crippen molar-refractivity contribution < 1.29 is 14.7 Å². The maximum Gasteiger partial charge on any atom is 0.340 e. The molecule has 1 saturated carbocycles. The van der Waals surface area contributed by atoms with Gasteiger partial charge in [0.25, 0.3) is 0 Å². The molecule has 2 rings (SSSR count). The van der Waals surface area contributed by atoms with Crippen LogP contribution in [-0.4, -0.2) is 28.4 Å². The molecule has 6 heteroatoms. The number of hydrogen-bond acceptors (Lipinski definition) is 4. The minimum atomic E-state index is -1.03. The Morgan fingerprint density at radius 1 is 1.42 bits per heavy atom. The summed E-state index contributed by atoms with van der Waals surface area (Å²) in [7, 11) is 1.65. The van der Waals surface area contributed by atoms with Crippen molar-refractivity contribution in [3.63, 3.8) is 0 Å². The third kappa shape index (κ3) is 2.49. The van der Waals surface area contributed by atoms with Crippen LogP contribution in [0.3, 0.4) is 0 Å². The predicted octanol–water partition coefficient (Wildman–Crippen LogP) is 2.55. The Kier molecular flexibility index (Phi) is 3.89. The summed E-state index contributed by atoms with van der Waals surface area (Å²) >= 11 is 1.08. The van der Waals surface area contributed by atoms with E-state index in [4.69, 9.17) is 0 Å². The van der Waals surface area contributed by atoms with Crippen molar-refractivity contribution in [2.75, 3.05) is 11.9 Å². The number of hydrogen-bond donors (Lipinski definition) is 1. The average molecular weight is 282 g/mol. The van der Waals surface area contributed by atoms with E-state index in [-0.39, 0.29) is 17.4 Å². The molecular formula is C13H18N2O3S. The number of amides is 1. The molecule has 0 bridgehead atoms. The molecule has 1 aliphatic rings. The van der Waals surface area contributed by atoms with Gasteiger partial charge < -0.3 is 10.0 Å². The zero-order valence-electron chi connectivity index (χ0n) is 11.3. The molecule has 2 unspecified atom stereocenters. The fraction of sp³-hybridized carbons (Fsp3) is 0.615. The van der Waals surface area contributed by atoms with E-state index in [0.29, 0.717) is 16.6 Å². The quantitative estimate of drug-likeness (QED) is 0.925. The van der Waals surface area contributed by atoms with Crippen molar-refractivity contribution in [1.82, 2.24) is 4.37 Å². The summed E-state index contributed by atoms with van der Waals surface area (Å²) in [5.74, 6) is -0.636. The lowest BCUT2D eigenvalue weighted by Gasteiger charge is -2.22. The van der Waals surface area contributed by atoms with E-state index in [1.165, 1.54) is 4.90 Å². The second-order valence-electron chi connectivity index (χ2n) is 5.17. The molecule has 0 saturated heterocycles. The first kappa shape index (κ1) is 14.0. The fourth-order valence-corrected chi connectivity index (χ4v) is 3.55. The van der Waals surface area contributed by atoms with E-state index in [1.54, 1.807) is 14.0 Å². The molecule has 1 heterocycles. The van der Waals surface area contributed by atoms with E-state index < -0.39 is 5.97 Å². The topological polar surface area (TPSA) is 70.5 Å². The van der Waals surface area contributed by atoms with Crippen LogP contribution in [0.2, 0.25) is 0 Å². The van der Waals surface area contributed by atoms with Gasteiger partial charge >= 0.3 is 5.97 Å². The molecule has 5 nitrogen and oxygen atoms in total. The Labute approximate surface area is 116 Å². The first-order valence-corrected chi connectivity index (χ1v) is 7.18. The van der Waals surface area contributed by atoms with E-state index in [0.717, 1.165) is 30.8 Å². The molecule has 1 aromatic heterocycles. The van der Waals surface area contributed by atoms with Crippen molar-refractivity contribution in [2.24, 2.45) is 11.8 Å². The zero-order chi connectivity index (χ0) is 14.2. The maximum absolute atomic E-state index is 12.5. The van der Waals surface area contributed by atoms with Crippen LogP contribution in [0.15, 0.2) is 0 Å². The van der Waals surface area contributed by atoms with Crippen LogP contribution in [0.4, 0.5) is 5.00 Å². The number of rotatable bonds is 3. The number of nitrogens with zero attached hydrogens (tertiary/aromatic N) is 2. The van der Waals surface area contributed by atoms with Gasteiger partial charge in [-0.15, -0.1) is 0 Å². The molecule has 0 spiro atoms. The van der Waals surface area contributed by atoms with E-state index in [2.05, 4.69) is 11.3 Å². The molecule has 1 fully saturated rings. The summed E-state index contributed by atoms with van der Waals surface area (Å²) in [4.78, 5) is 25.2. The molecule has 104 valence electrons. The predicted molar refractivity (Wildman–Crippen MR) is 73.7 cm³/mol. The third-order valence-electron chi connectivity index (χ3n) is 3.87. The zero-order valence-corrected chi connectivity index (χ0v) is 12.2. The second-order valence-corrected chi connectivity index (χ2v) is 5.92. The lowest BCUT2D eigenvalue weighted by atomic mass is 9.97. The van der Waals surface area contributed by atoms with Gasteiger partial charge in [-0.25, -0.2) is 4.79 Å². The number of carbonyl (C=O) groups excluding carboxylic acids is 1. The van der Waals surface area contributed by atoms with Gasteiger partial charge in [-0.2, -0.15) is 4.37 Å². The number of anilines is 1. The van der Waals surface area contributed by atoms with Crippen LogP contribution in [0.25, 0.3) is 0 Å². The number of carbonyl (C=O) groups is 2. The highest BCUT2D eigenvalue weighted by molar-refractivity contribution is 7.11. The summed E-state index contributed by atoms with van der Waals surface area (Å²) in [5, 5.41) is 9.65. The Bertz CT molecular complexity index is 512. The van der Waals surface area contributed by atoms with Crippen LogP contribution in [0, 0.1) is 18.8 Å². The molecule has 19 heavy (non-hydrogen) atoms. The van der Waals surface area contributed by atoms with Crippen LogP contribution >= 0.6 is 11.5 Å². The van der Waals surface area contributed by atoms with Crippen molar-refractivity contribution in [2.45, 2.75) is 33.1 Å². The number of aromatic nitrogens is 1. The lowest BCUT2D eigenvalue weighted by Crippen LogP contribution is -2.34. The molecule has 1 amide bonds. The van der Waals surface area contributed by atoms with Crippen LogP contribution in [0.5, 0.6) is 0 Å². The van der Waals surface area contributed by atoms with Gasteiger partial charge in [-0.3, -0.25) is 4.79 Å². The van der Waals surface area contributed by atoms with Gasteiger partial charge in [0.1, 0.15) is 10.6 Å². The lowest BCUT2D eigenvalue weighted by molar-refractivity contribution is -0.122. The van der Waals surface area contributed by atoms with Gasteiger partial charge in [0.15, 0.2) is 0 Å². The van der Waals surface area contributed by atoms with E-state index >= 15 is 0 Å². The number of aryl methyl sites for hydroxylation is 1. The highest BCUT2D eigenvalue weighted by Gasteiger charge is 2.34. The van der Waals surface area contributed by atoms with Gasteiger partial charge in [0.05, 0.1) is 5.69 Å². The summed E-state index contributed by atoms with van der Waals surface area (Å²) in [6, 6.07) is 0. The molecule has 1 N–H and O–H groups in total.